The van der Waals surface area contributed by atoms with Crippen LogP contribution >= 0.6 is 0 Å². The van der Waals surface area contributed by atoms with E-state index in [4.69, 9.17) is 4.74 Å². The van der Waals surface area contributed by atoms with Gasteiger partial charge in [-0.05, 0) is 32.6 Å². The van der Waals surface area contributed by atoms with Crippen LogP contribution in [-0.4, -0.2) is 49.8 Å². The molecule has 0 aromatic heterocycles. The quantitative estimate of drug-likeness (QED) is 0.762. The molecule has 1 N–H and O–H groups in total. The van der Waals surface area contributed by atoms with Crippen LogP contribution in [0.15, 0.2) is 0 Å². The molecule has 0 radical (unpaired) electrons. The third kappa shape index (κ3) is 3.44. The molecular weight excluding hydrogens is 188 g/mol. The van der Waals surface area contributed by atoms with Crippen LogP contribution in [0.5, 0.6) is 0 Å². The molecule has 88 valence electrons. The van der Waals surface area contributed by atoms with Gasteiger partial charge in [0.15, 0.2) is 0 Å². The van der Waals surface area contributed by atoms with Crippen LogP contribution < -0.4 is 5.32 Å². The fourth-order valence-corrected chi connectivity index (χ4v) is 2.56. The van der Waals surface area contributed by atoms with Gasteiger partial charge in [-0.25, -0.2) is 0 Å². The van der Waals surface area contributed by atoms with E-state index in [2.05, 4.69) is 17.1 Å². The molecule has 0 aliphatic carbocycles. The maximum Gasteiger partial charge on any atom is 0.0587 e. The molecule has 0 aromatic carbocycles. The SMILES string of the molecule is CC1CNCCN1CCC1CCCCO1. The van der Waals surface area contributed by atoms with Crippen molar-refractivity contribution in [2.75, 3.05) is 32.8 Å². The maximum absolute atomic E-state index is 5.76. The molecule has 0 spiro atoms. The van der Waals surface area contributed by atoms with Crippen molar-refractivity contribution in [2.45, 2.75) is 44.8 Å². The van der Waals surface area contributed by atoms with Gasteiger partial charge in [-0.15, -0.1) is 0 Å². The number of nitrogens with one attached hydrogen (secondary N) is 1. The lowest BCUT2D eigenvalue weighted by Crippen LogP contribution is -2.50. The molecule has 15 heavy (non-hydrogen) atoms. The molecule has 2 aliphatic rings. The highest BCUT2D eigenvalue weighted by Crippen LogP contribution is 2.16. The van der Waals surface area contributed by atoms with Gasteiger partial charge in [-0.1, -0.05) is 0 Å². The van der Waals surface area contributed by atoms with Crippen LogP contribution in [0.25, 0.3) is 0 Å². The molecule has 0 amide bonds. The summed E-state index contributed by atoms with van der Waals surface area (Å²) in [5, 5.41) is 3.43. The summed E-state index contributed by atoms with van der Waals surface area (Å²) < 4.78 is 5.76. The smallest absolute Gasteiger partial charge is 0.0587 e. The molecule has 2 saturated heterocycles. The standard InChI is InChI=1S/C12H24N2O/c1-11-10-13-6-8-14(11)7-5-12-4-2-3-9-15-12/h11-13H,2-10H2,1H3. The zero-order valence-corrected chi connectivity index (χ0v) is 9.87. The first-order valence-electron chi connectivity index (χ1n) is 6.42. The molecule has 2 atom stereocenters. The Morgan fingerprint density at radius 1 is 1.40 bits per heavy atom. The van der Waals surface area contributed by atoms with Gasteiger partial charge < -0.3 is 10.1 Å². The van der Waals surface area contributed by atoms with E-state index >= 15 is 0 Å². The summed E-state index contributed by atoms with van der Waals surface area (Å²) in [6.45, 7) is 8.01. The summed E-state index contributed by atoms with van der Waals surface area (Å²) in [5.74, 6) is 0. The van der Waals surface area contributed by atoms with Crippen molar-refractivity contribution in [3.8, 4) is 0 Å². The molecular formula is C12H24N2O. The van der Waals surface area contributed by atoms with Gasteiger partial charge in [0.25, 0.3) is 0 Å². The van der Waals surface area contributed by atoms with Gasteiger partial charge in [0, 0.05) is 38.8 Å². The average molecular weight is 212 g/mol. The first-order chi connectivity index (χ1) is 7.36. The Kier molecular flexibility index (Phi) is 4.42. The van der Waals surface area contributed by atoms with E-state index < -0.39 is 0 Å². The third-order valence-corrected chi connectivity index (χ3v) is 3.65. The zero-order valence-electron chi connectivity index (χ0n) is 9.87. The summed E-state index contributed by atoms with van der Waals surface area (Å²) in [7, 11) is 0. The van der Waals surface area contributed by atoms with Crippen molar-refractivity contribution in [1.82, 2.24) is 10.2 Å². The minimum atomic E-state index is 0.542. The Morgan fingerprint density at radius 2 is 2.33 bits per heavy atom. The lowest BCUT2D eigenvalue weighted by Gasteiger charge is -2.35. The van der Waals surface area contributed by atoms with Crippen molar-refractivity contribution in [3.63, 3.8) is 0 Å². The van der Waals surface area contributed by atoms with Crippen molar-refractivity contribution < 1.29 is 4.74 Å². The lowest BCUT2D eigenvalue weighted by atomic mass is 10.1. The highest BCUT2D eigenvalue weighted by molar-refractivity contribution is 4.77. The maximum atomic E-state index is 5.76. The van der Waals surface area contributed by atoms with E-state index in [-0.39, 0.29) is 0 Å². The van der Waals surface area contributed by atoms with Gasteiger partial charge in [0.1, 0.15) is 0 Å². The monoisotopic (exact) mass is 212 g/mol. The fourth-order valence-electron chi connectivity index (χ4n) is 2.56. The van der Waals surface area contributed by atoms with Gasteiger partial charge in [0.05, 0.1) is 6.10 Å². The van der Waals surface area contributed by atoms with E-state index in [1.165, 1.54) is 38.8 Å². The Hall–Kier alpha value is -0.120. The zero-order chi connectivity index (χ0) is 10.5. The first-order valence-corrected chi connectivity index (χ1v) is 6.42. The predicted octanol–water partition coefficient (Wildman–Crippen LogP) is 1.24. The Labute approximate surface area is 93.2 Å². The van der Waals surface area contributed by atoms with E-state index in [0.29, 0.717) is 12.1 Å². The summed E-state index contributed by atoms with van der Waals surface area (Å²) >= 11 is 0. The second kappa shape index (κ2) is 5.83. The van der Waals surface area contributed by atoms with Gasteiger partial charge >= 0.3 is 0 Å². The van der Waals surface area contributed by atoms with E-state index in [0.717, 1.165) is 19.7 Å². The minimum Gasteiger partial charge on any atom is -0.378 e. The van der Waals surface area contributed by atoms with Crippen LogP contribution in [-0.2, 0) is 4.74 Å². The largest absolute Gasteiger partial charge is 0.378 e. The first kappa shape index (κ1) is 11.4. The molecule has 2 heterocycles. The molecule has 2 rings (SSSR count). The van der Waals surface area contributed by atoms with E-state index in [1.54, 1.807) is 0 Å². The normalized spacial score (nSPS) is 34.2. The van der Waals surface area contributed by atoms with Crippen molar-refractivity contribution in [2.24, 2.45) is 0 Å². The Morgan fingerprint density at radius 3 is 3.07 bits per heavy atom. The average Bonchev–Trinajstić information content (AvgIpc) is 2.29. The van der Waals surface area contributed by atoms with Crippen LogP contribution in [0, 0.1) is 0 Å². The summed E-state index contributed by atoms with van der Waals surface area (Å²) in [6.07, 6.45) is 5.67. The molecule has 3 nitrogen and oxygen atoms in total. The Bertz CT molecular complexity index is 180. The summed E-state index contributed by atoms with van der Waals surface area (Å²) in [6, 6.07) is 0.697. The lowest BCUT2D eigenvalue weighted by molar-refractivity contribution is 0.00223. The summed E-state index contributed by atoms with van der Waals surface area (Å²) in [5.41, 5.74) is 0. The molecule has 0 bridgehead atoms. The number of hydrogen-bond donors (Lipinski definition) is 1. The summed E-state index contributed by atoms with van der Waals surface area (Å²) in [4.78, 5) is 2.59. The highest BCUT2D eigenvalue weighted by Gasteiger charge is 2.20. The number of nitrogens with zero attached hydrogens (tertiary/aromatic N) is 1. The molecule has 0 aromatic rings. The van der Waals surface area contributed by atoms with Crippen LogP contribution in [0.3, 0.4) is 0 Å². The number of piperazine rings is 1. The second-order valence-electron chi connectivity index (χ2n) is 4.87. The van der Waals surface area contributed by atoms with Crippen LogP contribution in [0.1, 0.15) is 32.6 Å². The van der Waals surface area contributed by atoms with Gasteiger partial charge in [-0.3, -0.25) is 4.90 Å². The third-order valence-electron chi connectivity index (χ3n) is 3.65. The van der Waals surface area contributed by atoms with Crippen LogP contribution in [0.4, 0.5) is 0 Å². The van der Waals surface area contributed by atoms with E-state index in [9.17, 15) is 0 Å². The van der Waals surface area contributed by atoms with Crippen molar-refractivity contribution >= 4 is 0 Å². The Balaban J connectivity index is 1.67. The second-order valence-corrected chi connectivity index (χ2v) is 4.87. The van der Waals surface area contributed by atoms with Crippen molar-refractivity contribution in [1.29, 1.82) is 0 Å². The van der Waals surface area contributed by atoms with Gasteiger partial charge in [0.2, 0.25) is 0 Å². The minimum absolute atomic E-state index is 0.542. The molecule has 2 aliphatic heterocycles. The molecule has 0 saturated carbocycles. The number of rotatable bonds is 3. The highest BCUT2D eigenvalue weighted by atomic mass is 16.5. The molecule has 3 heteroatoms. The molecule has 2 fully saturated rings. The van der Waals surface area contributed by atoms with Crippen LogP contribution in [0.2, 0.25) is 0 Å². The number of ether oxygens (including phenoxy) is 1. The predicted molar refractivity (Wildman–Crippen MR) is 62.1 cm³/mol. The topological polar surface area (TPSA) is 24.5 Å². The van der Waals surface area contributed by atoms with Gasteiger partial charge in [-0.2, -0.15) is 0 Å². The van der Waals surface area contributed by atoms with Crippen molar-refractivity contribution in [3.05, 3.63) is 0 Å². The van der Waals surface area contributed by atoms with E-state index in [1.807, 2.05) is 0 Å². The molecule has 2 unspecified atom stereocenters. The fraction of sp³-hybridized carbons (Fsp3) is 1.00. The number of hydrogen-bond acceptors (Lipinski definition) is 3.